The van der Waals surface area contributed by atoms with Crippen molar-refractivity contribution in [3.8, 4) is 5.75 Å². The zero-order chi connectivity index (χ0) is 17.4. The smallest absolute Gasteiger partial charge is 0.194 e. The van der Waals surface area contributed by atoms with Crippen molar-refractivity contribution in [2.24, 2.45) is 0 Å². The van der Waals surface area contributed by atoms with Gasteiger partial charge in [0.05, 0.1) is 12.2 Å². The van der Waals surface area contributed by atoms with Crippen molar-refractivity contribution in [1.82, 2.24) is 4.90 Å². The second kappa shape index (κ2) is 9.84. The lowest BCUT2D eigenvalue weighted by Crippen LogP contribution is -2.39. The maximum atomic E-state index is 5.87. The molecule has 1 aliphatic heterocycles. The first-order valence-electron chi connectivity index (χ1n) is 9.05. The topological polar surface area (TPSA) is 47.7 Å². The number of rotatable bonds is 8. The van der Waals surface area contributed by atoms with Gasteiger partial charge in [-0.2, -0.15) is 0 Å². The summed E-state index contributed by atoms with van der Waals surface area (Å²) in [5, 5.41) is 0.492. The number of thiocarbonyl (C=S) groups is 1. The van der Waals surface area contributed by atoms with Crippen LogP contribution in [0.3, 0.4) is 0 Å². The number of hydrogen-bond acceptors (Lipinski definition) is 5. The van der Waals surface area contributed by atoms with Crippen molar-refractivity contribution in [3.63, 3.8) is 0 Å². The molecule has 2 rings (SSSR count). The number of unbranched alkanes of at least 4 members (excludes halogenated alkanes) is 1. The number of hydrogen-bond donors (Lipinski definition) is 1. The number of nitrogens with zero attached hydrogens (tertiary/aromatic N) is 1. The number of ether oxygens (including phenoxy) is 2. The molecule has 2 N–H and O–H groups in total. The minimum atomic E-state index is 0.492. The predicted octanol–water partition coefficient (Wildman–Crippen LogP) is 4.01. The second-order valence-corrected chi connectivity index (χ2v) is 6.85. The molecule has 1 heterocycles. The van der Waals surface area contributed by atoms with Gasteiger partial charge < -0.3 is 15.2 Å². The Morgan fingerprint density at radius 2 is 2.17 bits per heavy atom. The summed E-state index contributed by atoms with van der Waals surface area (Å²) in [6.07, 6.45) is 5.99. The molecule has 1 aromatic carbocycles. The van der Waals surface area contributed by atoms with E-state index in [1.54, 1.807) is 0 Å². The molecule has 24 heavy (non-hydrogen) atoms. The lowest BCUT2D eigenvalue weighted by Gasteiger charge is -2.33. The number of piperidine rings is 1. The Morgan fingerprint density at radius 1 is 1.33 bits per heavy atom. The molecule has 0 aliphatic carbocycles. The molecule has 0 aromatic heterocycles. The fourth-order valence-corrected chi connectivity index (χ4v) is 3.23. The van der Waals surface area contributed by atoms with Crippen LogP contribution in [0.25, 0.3) is 0 Å². The summed E-state index contributed by atoms with van der Waals surface area (Å²) in [5.74, 6) is 0.722. The molecule has 5 heteroatoms. The maximum Gasteiger partial charge on any atom is 0.194 e. The Kier molecular flexibility index (Phi) is 7.79. The van der Waals surface area contributed by atoms with Gasteiger partial charge in [0.1, 0.15) is 12.4 Å². The van der Waals surface area contributed by atoms with E-state index in [-0.39, 0.29) is 0 Å². The molecule has 1 unspecified atom stereocenters. The van der Waals surface area contributed by atoms with Gasteiger partial charge in [0.15, 0.2) is 5.05 Å². The van der Waals surface area contributed by atoms with Crippen LogP contribution in [0.4, 0.5) is 5.69 Å². The number of nitrogens with two attached hydrogens (primary N) is 1. The predicted molar refractivity (Wildman–Crippen MR) is 104 cm³/mol. The van der Waals surface area contributed by atoms with Crippen molar-refractivity contribution in [2.45, 2.75) is 52.0 Å². The number of likely N-dealkylation sites (tertiary alicyclic amines) is 1. The van der Waals surface area contributed by atoms with Crippen LogP contribution in [0.5, 0.6) is 5.75 Å². The first kappa shape index (κ1) is 19.0. The van der Waals surface area contributed by atoms with E-state index in [0.717, 1.165) is 37.2 Å². The zero-order valence-corrected chi connectivity index (χ0v) is 15.7. The summed E-state index contributed by atoms with van der Waals surface area (Å²) in [6, 6.07) is 6.20. The molecule has 1 fully saturated rings. The first-order chi connectivity index (χ1) is 11.6. The van der Waals surface area contributed by atoms with Gasteiger partial charge >= 0.3 is 0 Å². The monoisotopic (exact) mass is 350 g/mol. The molecule has 1 saturated heterocycles. The third-order valence-corrected chi connectivity index (χ3v) is 4.87. The van der Waals surface area contributed by atoms with Crippen LogP contribution in [-0.4, -0.2) is 42.3 Å². The van der Waals surface area contributed by atoms with Gasteiger partial charge in [-0.25, -0.2) is 0 Å². The van der Waals surface area contributed by atoms with E-state index in [2.05, 4.69) is 18.7 Å². The van der Waals surface area contributed by atoms with Crippen LogP contribution in [0.15, 0.2) is 18.2 Å². The molecule has 1 aliphatic rings. The van der Waals surface area contributed by atoms with Crippen LogP contribution in [-0.2, 0) is 4.74 Å². The molecule has 0 saturated carbocycles. The van der Waals surface area contributed by atoms with Crippen LogP contribution in [0, 0.1) is 0 Å². The minimum absolute atomic E-state index is 0.492. The summed E-state index contributed by atoms with van der Waals surface area (Å²) >= 11 is 5.46. The van der Waals surface area contributed by atoms with Crippen LogP contribution in [0.2, 0.25) is 0 Å². The minimum Gasteiger partial charge on any atom is -0.493 e. The third kappa shape index (κ3) is 5.64. The quantitative estimate of drug-likeness (QED) is 0.436. The van der Waals surface area contributed by atoms with Gasteiger partial charge in [-0.1, -0.05) is 19.8 Å². The van der Waals surface area contributed by atoms with Crippen molar-refractivity contribution < 1.29 is 9.47 Å². The Hall–Kier alpha value is -1.33. The molecule has 0 amide bonds. The van der Waals surface area contributed by atoms with Gasteiger partial charge in [0.25, 0.3) is 0 Å². The van der Waals surface area contributed by atoms with Crippen molar-refractivity contribution in [2.75, 3.05) is 32.0 Å². The van der Waals surface area contributed by atoms with E-state index in [9.17, 15) is 0 Å². The molecule has 0 bridgehead atoms. The number of anilines is 1. The molecular weight excluding hydrogens is 320 g/mol. The fourth-order valence-electron chi connectivity index (χ4n) is 2.98. The van der Waals surface area contributed by atoms with Gasteiger partial charge in [-0.3, -0.25) is 4.90 Å². The normalized spacial score (nSPS) is 18.3. The summed E-state index contributed by atoms with van der Waals surface area (Å²) in [6.45, 7) is 7.78. The first-order valence-corrected chi connectivity index (χ1v) is 9.46. The van der Waals surface area contributed by atoms with E-state index in [1.165, 1.54) is 19.3 Å². The van der Waals surface area contributed by atoms with Crippen LogP contribution >= 0.6 is 12.2 Å². The Morgan fingerprint density at radius 3 is 2.92 bits per heavy atom. The van der Waals surface area contributed by atoms with E-state index >= 15 is 0 Å². The summed E-state index contributed by atoms with van der Waals surface area (Å²) in [7, 11) is 0. The number of benzene rings is 1. The second-order valence-electron chi connectivity index (χ2n) is 6.47. The largest absolute Gasteiger partial charge is 0.493 e. The maximum absolute atomic E-state index is 5.87. The van der Waals surface area contributed by atoms with Crippen LogP contribution < -0.4 is 10.5 Å². The van der Waals surface area contributed by atoms with E-state index in [0.29, 0.717) is 30.0 Å². The highest BCUT2D eigenvalue weighted by molar-refractivity contribution is 7.80. The molecule has 4 nitrogen and oxygen atoms in total. The Bertz CT molecular complexity index is 536. The van der Waals surface area contributed by atoms with Gasteiger partial charge in [0.2, 0.25) is 0 Å². The molecular formula is C19H30N2O2S. The van der Waals surface area contributed by atoms with Crippen LogP contribution in [0.1, 0.15) is 51.5 Å². The van der Waals surface area contributed by atoms with E-state index in [4.69, 9.17) is 27.4 Å². The average molecular weight is 351 g/mol. The summed E-state index contributed by atoms with van der Waals surface area (Å²) in [4.78, 5) is 2.48. The lowest BCUT2D eigenvalue weighted by molar-refractivity contribution is 0.131. The third-order valence-electron chi connectivity index (χ3n) is 4.53. The summed E-state index contributed by atoms with van der Waals surface area (Å²) in [5.41, 5.74) is 7.37. The highest BCUT2D eigenvalue weighted by Gasteiger charge is 2.18. The highest BCUT2D eigenvalue weighted by atomic mass is 32.1. The molecule has 1 atom stereocenters. The Balaban J connectivity index is 1.88. The van der Waals surface area contributed by atoms with Crippen molar-refractivity contribution >= 4 is 23.0 Å². The molecule has 1 aromatic rings. The fraction of sp³-hybridized carbons (Fsp3) is 0.632. The van der Waals surface area contributed by atoms with Gasteiger partial charge in [-0.15, -0.1) is 0 Å². The standard InChI is InChI=1S/C19H30N2O2S/c1-3-4-12-22-18-14-16(20)8-9-17(18)19(24)23-13-11-21-10-6-5-7-15(21)2/h8-9,14-15H,3-7,10-13,20H2,1-2H3. The van der Waals surface area contributed by atoms with E-state index < -0.39 is 0 Å². The molecule has 134 valence electrons. The number of nitrogen functional groups attached to an aromatic ring is 1. The lowest BCUT2D eigenvalue weighted by atomic mass is 10.0. The van der Waals surface area contributed by atoms with Crippen molar-refractivity contribution in [3.05, 3.63) is 23.8 Å². The molecule has 0 radical (unpaired) electrons. The zero-order valence-electron chi connectivity index (χ0n) is 14.9. The Labute approximate surface area is 151 Å². The van der Waals surface area contributed by atoms with Crippen molar-refractivity contribution in [1.29, 1.82) is 0 Å². The highest BCUT2D eigenvalue weighted by Crippen LogP contribution is 2.24. The SMILES string of the molecule is CCCCOc1cc(N)ccc1C(=S)OCCN1CCCCC1C. The molecule has 0 spiro atoms. The van der Waals surface area contributed by atoms with Gasteiger partial charge in [0, 0.05) is 24.3 Å². The van der Waals surface area contributed by atoms with Gasteiger partial charge in [-0.05, 0) is 57.1 Å². The van der Waals surface area contributed by atoms with E-state index in [1.807, 2.05) is 18.2 Å². The average Bonchev–Trinajstić information content (AvgIpc) is 2.57. The summed E-state index contributed by atoms with van der Waals surface area (Å²) < 4.78 is 11.7.